The number of carbonyl (C=O) groups is 2. The summed E-state index contributed by atoms with van der Waals surface area (Å²) < 4.78 is 29.0. The molecular formula is C24H27BrO7. The van der Waals surface area contributed by atoms with Gasteiger partial charge in [0.2, 0.25) is 0 Å². The summed E-state index contributed by atoms with van der Waals surface area (Å²) in [5.41, 5.74) is 1.95. The van der Waals surface area contributed by atoms with Crippen LogP contribution >= 0.6 is 15.9 Å². The summed E-state index contributed by atoms with van der Waals surface area (Å²) in [6.07, 6.45) is -3.12. The molecule has 1 heterocycles. The molecule has 3 rings (SSSR count). The van der Waals surface area contributed by atoms with Crippen molar-refractivity contribution in [3.63, 3.8) is 0 Å². The molecule has 2 aromatic carbocycles. The lowest BCUT2D eigenvalue weighted by Crippen LogP contribution is -2.60. The molecule has 7 nitrogen and oxygen atoms in total. The minimum atomic E-state index is -0.887. The van der Waals surface area contributed by atoms with Crippen molar-refractivity contribution in [3.8, 4) is 0 Å². The molecule has 0 aliphatic carbocycles. The van der Waals surface area contributed by atoms with Crippen LogP contribution in [-0.2, 0) is 46.5 Å². The van der Waals surface area contributed by atoms with Gasteiger partial charge in [0.1, 0.15) is 17.2 Å². The van der Waals surface area contributed by atoms with Crippen LogP contribution in [0.2, 0.25) is 0 Å². The molecule has 0 N–H and O–H groups in total. The zero-order valence-corrected chi connectivity index (χ0v) is 19.6. The SMILES string of the molecule is CC(=O)O[C@@H]1C(OCc2ccccc2)[C@H](Br)OC(COCc2ccccc2)[C@@H]1OC(C)=O. The van der Waals surface area contributed by atoms with Crippen LogP contribution in [0, 0.1) is 0 Å². The van der Waals surface area contributed by atoms with Gasteiger partial charge in [0, 0.05) is 13.8 Å². The van der Waals surface area contributed by atoms with E-state index < -0.39 is 41.4 Å². The van der Waals surface area contributed by atoms with E-state index in [1.54, 1.807) is 0 Å². The first-order valence-corrected chi connectivity index (χ1v) is 11.3. The molecule has 0 aromatic heterocycles. The third-order valence-electron chi connectivity index (χ3n) is 4.86. The standard InChI is InChI=1S/C24H27BrO7/c1-16(26)30-21-20(15-28-13-18-9-5-3-6-10-18)32-24(25)23(22(21)31-17(2)27)29-14-19-11-7-4-8-12-19/h3-12,20-24H,13-15H2,1-2H3/t20?,21-,22-,23?,24+/m0/s1. The molecule has 1 fully saturated rings. The molecule has 172 valence electrons. The minimum Gasteiger partial charge on any atom is -0.456 e. The van der Waals surface area contributed by atoms with Crippen LogP contribution in [0.1, 0.15) is 25.0 Å². The van der Waals surface area contributed by atoms with E-state index in [0.717, 1.165) is 11.1 Å². The Morgan fingerprint density at radius 3 is 1.91 bits per heavy atom. The summed E-state index contributed by atoms with van der Waals surface area (Å²) in [7, 11) is 0. The predicted molar refractivity (Wildman–Crippen MR) is 120 cm³/mol. The summed E-state index contributed by atoms with van der Waals surface area (Å²) in [5.74, 6) is -1.02. The summed E-state index contributed by atoms with van der Waals surface area (Å²) in [5, 5.41) is -0.604. The molecule has 32 heavy (non-hydrogen) atoms. The molecular weight excluding hydrogens is 480 g/mol. The van der Waals surface area contributed by atoms with Crippen molar-refractivity contribution in [3.05, 3.63) is 71.8 Å². The first-order chi connectivity index (χ1) is 15.4. The molecule has 1 saturated heterocycles. The van der Waals surface area contributed by atoms with E-state index in [1.807, 2.05) is 60.7 Å². The maximum Gasteiger partial charge on any atom is 0.303 e. The molecule has 2 aromatic rings. The second-order valence-corrected chi connectivity index (χ2v) is 8.34. The van der Waals surface area contributed by atoms with Crippen LogP contribution in [0.15, 0.2) is 60.7 Å². The quantitative estimate of drug-likeness (QED) is 0.378. The van der Waals surface area contributed by atoms with Gasteiger partial charge in [0.05, 0.1) is 19.8 Å². The fourth-order valence-corrected chi connectivity index (χ4v) is 4.20. The lowest BCUT2D eigenvalue weighted by atomic mass is 9.99. The van der Waals surface area contributed by atoms with Crippen LogP contribution in [0.3, 0.4) is 0 Å². The first kappa shape index (κ1) is 24.4. The third kappa shape index (κ3) is 7.13. The van der Waals surface area contributed by atoms with Gasteiger partial charge in [-0.2, -0.15) is 0 Å². The zero-order chi connectivity index (χ0) is 22.9. The third-order valence-corrected chi connectivity index (χ3v) is 5.60. The van der Waals surface area contributed by atoms with Crippen molar-refractivity contribution < 1.29 is 33.3 Å². The number of hydrogen-bond acceptors (Lipinski definition) is 7. The Hall–Kier alpha value is -2.26. The number of hydrogen-bond donors (Lipinski definition) is 0. The van der Waals surface area contributed by atoms with E-state index in [0.29, 0.717) is 6.61 Å². The van der Waals surface area contributed by atoms with Crippen molar-refractivity contribution >= 4 is 27.9 Å². The Labute approximate surface area is 196 Å². The summed E-state index contributed by atoms with van der Waals surface area (Å²) in [4.78, 5) is 23.7. The van der Waals surface area contributed by atoms with Gasteiger partial charge in [-0.3, -0.25) is 9.59 Å². The van der Waals surface area contributed by atoms with Crippen molar-refractivity contribution in [1.82, 2.24) is 0 Å². The lowest BCUT2D eigenvalue weighted by molar-refractivity contribution is -0.241. The summed E-state index contributed by atoms with van der Waals surface area (Å²) in [6.45, 7) is 3.38. The van der Waals surface area contributed by atoms with Gasteiger partial charge in [-0.25, -0.2) is 0 Å². The fraction of sp³-hybridized carbons (Fsp3) is 0.417. The zero-order valence-electron chi connectivity index (χ0n) is 18.0. The van der Waals surface area contributed by atoms with Crippen LogP contribution in [-0.4, -0.2) is 48.0 Å². The number of alkyl halides is 1. The fourth-order valence-electron chi connectivity index (χ4n) is 3.47. The van der Waals surface area contributed by atoms with E-state index in [4.69, 9.17) is 23.7 Å². The Morgan fingerprint density at radius 1 is 0.812 bits per heavy atom. The van der Waals surface area contributed by atoms with Crippen molar-refractivity contribution in [2.45, 2.75) is 56.5 Å². The van der Waals surface area contributed by atoms with Crippen LogP contribution in [0.5, 0.6) is 0 Å². The normalized spacial score (nSPS) is 25.2. The van der Waals surface area contributed by atoms with E-state index in [2.05, 4.69) is 15.9 Å². The molecule has 5 atom stereocenters. The van der Waals surface area contributed by atoms with Crippen LogP contribution in [0.25, 0.3) is 0 Å². The maximum absolute atomic E-state index is 11.9. The molecule has 2 unspecified atom stereocenters. The second-order valence-electron chi connectivity index (χ2n) is 7.44. The molecule has 0 spiro atoms. The smallest absolute Gasteiger partial charge is 0.303 e. The molecule has 8 heteroatoms. The molecule has 1 aliphatic heterocycles. The molecule has 0 radical (unpaired) electrons. The highest BCUT2D eigenvalue weighted by Crippen LogP contribution is 2.32. The Bertz CT molecular complexity index is 861. The number of esters is 2. The first-order valence-electron chi connectivity index (χ1n) is 10.3. The van der Waals surface area contributed by atoms with E-state index in [-0.39, 0.29) is 13.2 Å². The molecule has 0 saturated carbocycles. The summed E-state index contributed by atoms with van der Waals surface area (Å²) >= 11 is 3.50. The molecule has 1 aliphatic rings. The molecule has 0 amide bonds. The van der Waals surface area contributed by atoms with Crippen molar-refractivity contribution in [1.29, 1.82) is 0 Å². The highest BCUT2D eigenvalue weighted by atomic mass is 79.9. The van der Waals surface area contributed by atoms with Gasteiger partial charge in [-0.15, -0.1) is 0 Å². The van der Waals surface area contributed by atoms with Gasteiger partial charge >= 0.3 is 11.9 Å². The van der Waals surface area contributed by atoms with Crippen molar-refractivity contribution in [2.24, 2.45) is 0 Å². The highest BCUT2D eigenvalue weighted by molar-refractivity contribution is 9.09. The number of halogens is 1. The Morgan fingerprint density at radius 2 is 1.34 bits per heavy atom. The Balaban J connectivity index is 1.73. The average Bonchev–Trinajstić information content (AvgIpc) is 2.76. The number of ether oxygens (including phenoxy) is 5. The van der Waals surface area contributed by atoms with E-state index >= 15 is 0 Å². The number of rotatable bonds is 9. The average molecular weight is 507 g/mol. The van der Waals surface area contributed by atoms with Gasteiger partial charge in [0.15, 0.2) is 12.2 Å². The van der Waals surface area contributed by atoms with Gasteiger partial charge in [0.25, 0.3) is 0 Å². The highest BCUT2D eigenvalue weighted by Gasteiger charge is 2.50. The lowest BCUT2D eigenvalue weighted by Gasteiger charge is -2.43. The maximum atomic E-state index is 11.9. The van der Waals surface area contributed by atoms with Crippen LogP contribution in [0.4, 0.5) is 0 Å². The predicted octanol–water partition coefficient (Wildman–Crippen LogP) is 3.77. The topological polar surface area (TPSA) is 80.3 Å². The van der Waals surface area contributed by atoms with Gasteiger partial charge in [-0.1, -0.05) is 76.6 Å². The van der Waals surface area contributed by atoms with Gasteiger partial charge in [-0.05, 0) is 11.1 Å². The molecule has 0 bridgehead atoms. The van der Waals surface area contributed by atoms with E-state index in [1.165, 1.54) is 13.8 Å². The van der Waals surface area contributed by atoms with Gasteiger partial charge < -0.3 is 23.7 Å². The number of carbonyl (C=O) groups excluding carboxylic acids is 2. The minimum absolute atomic E-state index is 0.137. The number of benzene rings is 2. The monoisotopic (exact) mass is 506 g/mol. The van der Waals surface area contributed by atoms with Crippen molar-refractivity contribution in [2.75, 3.05) is 6.61 Å². The second kappa shape index (κ2) is 12.1. The summed E-state index contributed by atoms with van der Waals surface area (Å²) in [6, 6.07) is 19.3. The largest absolute Gasteiger partial charge is 0.456 e. The van der Waals surface area contributed by atoms with Crippen LogP contribution < -0.4 is 0 Å². The van der Waals surface area contributed by atoms with E-state index in [9.17, 15) is 9.59 Å². The Kier molecular flexibility index (Phi) is 9.23.